The number of anilines is 1. The van der Waals surface area contributed by atoms with Gasteiger partial charge in [-0.2, -0.15) is 0 Å². The number of hydrogen-bond acceptors (Lipinski definition) is 6. The minimum absolute atomic E-state index is 0.0863. The van der Waals surface area contributed by atoms with Gasteiger partial charge in [0.1, 0.15) is 6.10 Å². The predicted octanol–water partition coefficient (Wildman–Crippen LogP) is 2.06. The minimum atomic E-state index is -0.709. The number of nitrogens with zero attached hydrogens (tertiary/aromatic N) is 4. The highest BCUT2D eigenvalue weighted by Crippen LogP contribution is 2.27. The number of cyclic esters (lactones) is 1. The molecule has 3 aliphatic heterocycles. The van der Waals surface area contributed by atoms with E-state index in [1.807, 2.05) is 29.4 Å². The molecule has 4 heterocycles. The molecule has 1 aromatic rings. The molecular weight excluding hydrogens is 372 g/mol. The molecular formula is C21H30N4O4. The van der Waals surface area contributed by atoms with Crippen molar-refractivity contribution in [2.24, 2.45) is 5.92 Å². The highest BCUT2D eigenvalue weighted by molar-refractivity contribution is 5.70. The molecule has 0 spiro atoms. The molecule has 1 atom stereocenters. The lowest BCUT2D eigenvalue weighted by molar-refractivity contribution is -0.138. The Bertz CT molecular complexity index is 700. The van der Waals surface area contributed by atoms with Crippen molar-refractivity contribution in [3.8, 4) is 0 Å². The highest BCUT2D eigenvalue weighted by atomic mass is 16.6. The van der Waals surface area contributed by atoms with Crippen molar-refractivity contribution >= 4 is 17.7 Å². The van der Waals surface area contributed by atoms with Crippen LogP contribution < -0.4 is 4.90 Å². The summed E-state index contributed by atoms with van der Waals surface area (Å²) in [5, 5.41) is 8.94. The molecule has 0 aromatic carbocycles. The lowest BCUT2D eigenvalue weighted by atomic mass is 9.93. The maximum Gasteiger partial charge on any atom is 0.410 e. The molecule has 158 valence electrons. The van der Waals surface area contributed by atoms with Gasteiger partial charge in [-0.15, -0.1) is 0 Å². The summed E-state index contributed by atoms with van der Waals surface area (Å²) in [6.07, 6.45) is 7.33. The van der Waals surface area contributed by atoms with Gasteiger partial charge in [-0.1, -0.05) is 0 Å². The van der Waals surface area contributed by atoms with Crippen LogP contribution in [0.3, 0.4) is 0 Å². The molecule has 1 N–H and O–H groups in total. The maximum atomic E-state index is 12.4. The molecule has 3 fully saturated rings. The van der Waals surface area contributed by atoms with Gasteiger partial charge < -0.3 is 19.6 Å². The summed E-state index contributed by atoms with van der Waals surface area (Å²) in [7, 11) is 0. The molecule has 0 aliphatic carbocycles. The van der Waals surface area contributed by atoms with Gasteiger partial charge >= 0.3 is 12.1 Å². The fourth-order valence-corrected chi connectivity index (χ4v) is 4.83. The Hall–Kier alpha value is -2.35. The van der Waals surface area contributed by atoms with Crippen LogP contribution in [0.15, 0.2) is 24.5 Å². The zero-order valence-electron chi connectivity index (χ0n) is 16.8. The van der Waals surface area contributed by atoms with E-state index >= 15 is 0 Å². The number of carboxylic acid groups (broad SMARTS) is 1. The second-order valence-electron chi connectivity index (χ2n) is 8.42. The largest absolute Gasteiger partial charge is 0.481 e. The molecule has 0 radical (unpaired) electrons. The average molecular weight is 402 g/mol. The lowest BCUT2D eigenvalue weighted by Gasteiger charge is -2.37. The summed E-state index contributed by atoms with van der Waals surface area (Å²) in [4.78, 5) is 34.0. The van der Waals surface area contributed by atoms with Gasteiger partial charge in [-0.05, 0) is 56.8 Å². The van der Waals surface area contributed by atoms with Crippen molar-refractivity contribution in [1.29, 1.82) is 0 Å². The molecule has 29 heavy (non-hydrogen) atoms. The molecule has 1 aromatic heterocycles. The van der Waals surface area contributed by atoms with Gasteiger partial charge in [-0.25, -0.2) is 4.79 Å². The number of likely N-dealkylation sites (tertiary alicyclic amines) is 1. The topological polar surface area (TPSA) is 86.2 Å². The van der Waals surface area contributed by atoms with Gasteiger partial charge in [0.15, 0.2) is 0 Å². The van der Waals surface area contributed by atoms with E-state index < -0.39 is 5.97 Å². The van der Waals surface area contributed by atoms with E-state index in [4.69, 9.17) is 9.84 Å². The van der Waals surface area contributed by atoms with E-state index in [1.54, 1.807) is 0 Å². The van der Waals surface area contributed by atoms with E-state index in [2.05, 4.69) is 14.8 Å². The van der Waals surface area contributed by atoms with Gasteiger partial charge in [0.25, 0.3) is 0 Å². The third-order valence-corrected chi connectivity index (χ3v) is 6.47. The maximum absolute atomic E-state index is 12.4. The van der Waals surface area contributed by atoms with Crippen molar-refractivity contribution in [1.82, 2.24) is 14.8 Å². The first-order valence-electron chi connectivity index (χ1n) is 10.6. The van der Waals surface area contributed by atoms with E-state index in [1.165, 1.54) is 5.69 Å². The van der Waals surface area contributed by atoms with Crippen LogP contribution in [0.2, 0.25) is 0 Å². The Kier molecular flexibility index (Phi) is 6.18. The third kappa shape index (κ3) is 4.98. The van der Waals surface area contributed by atoms with E-state index in [0.29, 0.717) is 6.54 Å². The second kappa shape index (κ2) is 8.98. The van der Waals surface area contributed by atoms with Crippen LogP contribution in [0, 0.1) is 5.92 Å². The molecule has 3 saturated heterocycles. The van der Waals surface area contributed by atoms with Crippen LogP contribution in [0.1, 0.15) is 32.1 Å². The van der Waals surface area contributed by atoms with Crippen LogP contribution >= 0.6 is 0 Å². The number of aromatic nitrogens is 1. The van der Waals surface area contributed by atoms with Gasteiger partial charge in [0.05, 0.1) is 6.54 Å². The number of piperidine rings is 2. The fraction of sp³-hybridized carbons (Fsp3) is 0.667. The van der Waals surface area contributed by atoms with Gasteiger partial charge in [0, 0.05) is 50.2 Å². The summed E-state index contributed by atoms with van der Waals surface area (Å²) in [6, 6.07) is 4.30. The summed E-state index contributed by atoms with van der Waals surface area (Å²) in [6.45, 7) is 5.04. The molecule has 0 bridgehead atoms. The van der Waals surface area contributed by atoms with Crippen molar-refractivity contribution < 1.29 is 19.4 Å². The number of amides is 1. The zero-order chi connectivity index (χ0) is 20.2. The number of hydrogen-bond donors (Lipinski definition) is 1. The molecule has 1 amide bonds. The number of carboxylic acids is 1. The Morgan fingerprint density at radius 3 is 2.45 bits per heavy atom. The van der Waals surface area contributed by atoms with Crippen LogP contribution in [0.25, 0.3) is 0 Å². The van der Waals surface area contributed by atoms with Crippen LogP contribution in [-0.4, -0.2) is 83.4 Å². The first kappa shape index (κ1) is 19.9. The molecule has 3 aliphatic rings. The zero-order valence-corrected chi connectivity index (χ0v) is 16.8. The average Bonchev–Trinajstić information content (AvgIpc) is 3.10. The molecule has 0 saturated carbocycles. The number of ether oxygens (including phenoxy) is 1. The minimum Gasteiger partial charge on any atom is -0.481 e. The second-order valence-corrected chi connectivity index (χ2v) is 8.42. The van der Waals surface area contributed by atoms with Crippen LogP contribution in [-0.2, 0) is 9.53 Å². The summed E-state index contributed by atoms with van der Waals surface area (Å²) in [5.41, 5.74) is 1.19. The SMILES string of the molecule is O=C(O)CC1CCN(CC2CN(C3CCN(c4ccncc4)CC3)C(=O)O2)CC1. The number of aliphatic carboxylic acids is 1. The van der Waals surface area contributed by atoms with Crippen molar-refractivity contribution in [2.75, 3.05) is 44.2 Å². The first-order valence-corrected chi connectivity index (χ1v) is 10.6. The standard InChI is InChI=1S/C21H30N4O4/c26-20(27)13-16-3-9-23(10-4-16)14-19-15-25(21(28)29-19)18-5-11-24(12-6-18)17-1-7-22-8-2-17/h1-2,7-8,16,18-19H,3-6,9-15H2,(H,26,27). The smallest absolute Gasteiger partial charge is 0.410 e. The number of pyridine rings is 1. The third-order valence-electron chi connectivity index (χ3n) is 6.47. The monoisotopic (exact) mass is 402 g/mol. The Morgan fingerprint density at radius 2 is 1.79 bits per heavy atom. The number of carbonyl (C=O) groups is 2. The van der Waals surface area contributed by atoms with Crippen LogP contribution in [0.5, 0.6) is 0 Å². The number of rotatable bonds is 6. The first-order chi connectivity index (χ1) is 14.1. The highest BCUT2D eigenvalue weighted by Gasteiger charge is 2.38. The summed E-state index contributed by atoms with van der Waals surface area (Å²) in [5.74, 6) is -0.434. The molecule has 8 nitrogen and oxygen atoms in total. The number of carbonyl (C=O) groups excluding carboxylic acids is 1. The van der Waals surface area contributed by atoms with Crippen molar-refractivity contribution in [2.45, 2.75) is 44.2 Å². The van der Waals surface area contributed by atoms with Crippen LogP contribution in [0.4, 0.5) is 10.5 Å². The summed E-state index contributed by atoms with van der Waals surface area (Å²) >= 11 is 0. The predicted molar refractivity (Wildman–Crippen MR) is 108 cm³/mol. The van der Waals surface area contributed by atoms with Crippen molar-refractivity contribution in [3.05, 3.63) is 24.5 Å². The lowest BCUT2D eigenvalue weighted by Crippen LogP contribution is -2.46. The normalized spacial score (nSPS) is 24.7. The summed E-state index contributed by atoms with van der Waals surface area (Å²) < 4.78 is 5.66. The van der Waals surface area contributed by atoms with E-state index in [-0.39, 0.29) is 30.6 Å². The fourth-order valence-electron chi connectivity index (χ4n) is 4.83. The van der Waals surface area contributed by atoms with E-state index in [9.17, 15) is 9.59 Å². The van der Waals surface area contributed by atoms with Crippen molar-refractivity contribution in [3.63, 3.8) is 0 Å². The van der Waals surface area contributed by atoms with Gasteiger partial charge in [0.2, 0.25) is 0 Å². The van der Waals surface area contributed by atoms with Gasteiger partial charge in [-0.3, -0.25) is 14.7 Å². The Morgan fingerprint density at radius 1 is 1.10 bits per heavy atom. The molecule has 8 heteroatoms. The molecule has 1 unspecified atom stereocenters. The quantitative estimate of drug-likeness (QED) is 0.779. The van der Waals surface area contributed by atoms with E-state index in [0.717, 1.165) is 58.4 Å². The molecule has 4 rings (SSSR count). The Balaban J connectivity index is 1.22. The Labute approximate surface area is 171 Å².